The van der Waals surface area contributed by atoms with E-state index in [1.807, 2.05) is 54.6 Å². The Hall–Kier alpha value is -2.40. The van der Waals surface area contributed by atoms with Gasteiger partial charge in [-0.05, 0) is 17.7 Å². The average Bonchev–Trinajstić information content (AvgIpc) is 2.54. The van der Waals surface area contributed by atoms with Gasteiger partial charge in [-0.1, -0.05) is 64.5 Å². The fraction of sp³-hybridized carbons (Fsp3) is 0.111. The summed E-state index contributed by atoms with van der Waals surface area (Å²) in [6.45, 7) is 1.46. The standard InChI is InChI=1S/C18H16BrNO3/c1-13(21)20-17(11-14-7-3-2-4-8-14)18(22)23-12-15-9-5-6-10-16(15)19/h2-11H,12H2,1H3,(H,20,21). The Labute approximate surface area is 143 Å². The molecule has 2 aromatic rings. The number of carbonyl (C=O) groups excluding carboxylic acids is 2. The van der Waals surface area contributed by atoms with Crippen LogP contribution in [-0.2, 0) is 20.9 Å². The molecule has 0 saturated heterocycles. The van der Waals surface area contributed by atoms with Crippen molar-refractivity contribution < 1.29 is 14.3 Å². The molecule has 0 aliphatic carbocycles. The minimum Gasteiger partial charge on any atom is -0.456 e. The van der Waals surface area contributed by atoms with Gasteiger partial charge < -0.3 is 10.1 Å². The largest absolute Gasteiger partial charge is 0.456 e. The molecular weight excluding hydrogens is 358 g/mol. The Morgan fingerprint density at radius 3 is 2.39 bits per heavy atom. The maximum absolute atomic E-state index is 12.2. The smallest absolute Gasteiger partial charge is 0.355 e. The molecule has 1 amide bonds. The molecule has 2 aromatic carbocycles. The third kappa shape index (κ3) is 5.38. The average molecular weight is 374 g/mol. The summed E-state index contributed by atoms with van der Waals surface area (Å²) in [4.78, 5) is 23.6. The Morgan fingerprint density at radius 2 is 1.74 bits per heavy atom. The number of hydrogen-bond acceptors (Lipinski definition) is 3. The summed E-state index contributed by atoms with van der Waals surface area (Å²) in [5.74, 6) is -0.912. The molecule has 5 heteroatoms. The highest BCUT2D eigenvalue weighted by Gasteiger charge is 2.13. The van der Waals surface area contributed by atoms with Crippen molar-refractivity contribution in [3.05, 3.63) is 75.9 Å². The number of benzene rings is 2. The molecule has 2 rings (SSSR count). The normalized spacial score (nSPS) is 11.0. The van der Waals surface area contributed by atoms with E-state index in [1.54, 1.807) is 6.08 Å². The van der Waals surface area contributed by atoms with Gasteiger partial charge >= 0.3 is 5.97 Å². The lowest BCUT2D eigenvalue weighted by molar-refractivity contribution is -0.141. The van der Waals surface area contributed by atoms with E-state index in [1.165, 1.54) is 6.92 Å². The molecule has 0 unspecified atom stereocenters. The van der Waals surface area contributed by atoms with Crippen LogP contribution in [0.15, 0.2) is 64.8 Å². The summed E-state index contributed by atoms with van der Waals surface area (Å²) in [6.07, 6.45) is 1.59. The molecule has 0 fully saturated rings. The van der Waals surface area contributed by atoms with Gasteiger partial charge in [0.1, 0.15) is 12.3 Å². The van der Waals surface area contributed by atoms with Crippen LogP contribution in [0.25, 0.3) is 6.08 Å². The van der Waals surface area contributed by atoms with Crippen LogP contribution in [0.3, 0.4) is 0 Å². The SMILES string of the molecule is CC(=O)NC(=Cc1ccccc1)C(=O)OCc1ccccc1Br. The summed E-state index contributed by atoms with van der Waals surface area (Å²) >= 11 is 3.40. The van der Waals surface area contributed by atoms with E-state index >= 15 is 0 Å². The van der Waals surface area contributed by atoms with Crippen LogP contribution in [0.4, 0.5) is 0 Å². The number of esters is 1. The fourth-order valence-electron chi connectivity index (χ4n) is 1.89. The summed E-state index contributed by atoms with van der Waals surface area (Å²) in [7, 11) is 0. The number of carbonyl (C=O) groups is 2. The van der Waals surface area contributed by atoms with Crippen LogP contribution < -0.4 is 5.32 Å². The van der Waals surface area contributed by atoms with Crippen molar-refractivity contribution in [1.29, 1.82) is 0 Å². The molecule has 0 saturated carbocycles. The molecule has 23 heavy (non-hydrogen) atoms. The topological polar surface area (TPSA) is 55.4 Å². The first-order chi connectivity index (χ1) is 11.1. The Balaban J connectivity index is 2.12. The number of halogens is 1. The second kappa shape index (κ2) is 8.29. The number of ether oxygens (including phenoxy) is 1. The van der Waals surface area contributed by atoms with Gasteiger partial charge in [-0.2, -0.15) is 0 Å². The summed E-state index contributed by atoms with van der Waals surface area (Å²) < 4.78 is 6.15. The first-order valence-electron chi connectivity index (χ1n) is 7.01. The minimum absolute atomic E-state index is 0.107. The second-order valence-electron chi connectivity index (χ2n) is 4.82. The predicted molar refractivity (Wildman–Crippen MR) is 92.2 cm³/mol. The lowest BCUT2D eigenvalue weighted by atomic mass is 10.2. The van der Waals surface area contributed by atoms with Crippen molar-refractivity contribution in [2.75, 3.05) is 0 Å². The van der Waals surface area contributed by atoms with Crippen LogP contribution in [0.1, 0.15) is 18.1 Å². The third-order valence-electron chi connectivity index (χ3n) is 2.96. The molecular formula is C18H16BrNO3. The first-order valence-corrected chi connectivity index (χ1v) is 7.80. The molecule has 0 aliphatic rings. The lowest BCUT2D eigenvalue weighted by Gasteiger charge is -2.10. The Bertz CT molecular complexity index is 726. The highest BCUT2D eigenvalue weighted by molar-refractivity contribution is 9.10. The number of rotatable bonds is 5. The maximum atomic E-state index is 12.2. The lowest BCUT2D eigenvalue weighted by Crippen LogP contribution is -2.26. The van der Waals surface area contributed by atoms with Crippen LogP contribution in [-0.4, -0.2) is 11.9 Å². The number of amides is 1. The number of nitrogens with one attached hydrogen (secondary N) is 1. The monoisotopic (exact) mass is 373 g/mol. The van der Waals surface area contributed by atoms with Crippen molar-refractivity contribution in [3.8, 4) is 0 Å². The highest BCUT2D eigenvalue weighted by Crippen LogP contribution is 2.17. The number of hydrogen-bond donors (Lipinski definition) is 1. The van der Waals surface area contributed by atoms with Crippen LogP contribution in [0.2, 0.25) is 0 Å². The molecule has 0 aliphatic heterocycles. The molecule has 1 N–H and O–H groups in total. The van der Waals surface area contributed by atoms with Crippen molar-refractivity contribution in [2.45, 2.75) is 13.5 Å². The zero-order valence-corrected chi connectivity index (χ0v) is 14.2. The molecule has 118 valence electrons. The fourth-order valence-corrected chi connectivity index (χ4v) is 2.29. The summed E-state index contributed by atoms with van der Waals surface area (Å²) in [5, 5.41) is 2.51. The minimum atomic E-state index is -0.584. The Morgan fingerprint density at radius 1 is 1.09 bits per heavy atom. The zero-order valence-electron chi connectivity index (χ0n) is 12.6. The molecule has 0 bridgehead atoms. The van der Waals surface area contributed by atoms with Gasteiger partial charge in [0, 0.05) is 17.0 Å². The van der Waals surface area contributed by atoms with Gasteiger partial charge in [-0.15, -0.1) is 0 Å². The van der Waals surface area contributed by atoms with E-state index in [-0.39, 0.29) is 18.2 Å². The quantitative estimate of drug-likeness (QED) is 0.642. The van der Waals surface area contributed by atoms with E-state index in [9.17, 15) is 9.59 Å². The van der Waals surface area contributed by atoms with Crippen molar-refractivity contribution in [2.24, 2.45) is 0 Å². The second-order valence-corrected chi connectivity index (χ2v) is 5.67. The van der Waals surface area contributed by atoms with Gasteiger partial charge in [0.25, 0.3) is 0 Å². The van der Waals surface area contributed by atoms with E-state index in [2.05, 4.69) is 21.2 Å². The molecule has 0 radical (unpaired) electrons. The molecule has 4 nitrogen and oxygen atoms in total. The van der Waals surface area contributed by atoms with Crippen LogP contribution in [0, 0.1) is 0 Å². The van der Waals surface area contributed by atoms with Gasteiger partial charge in [0.05, 0.1) is 0 Å². The third-order valence-corrected chi connectivity index (χ3v) is 3.73. The van der Waals surface area contributed by atoms with E-state index in [0.717, 1.165) is 15.6 Å². The van der Waals surface area contributed by atoms with Crippen molar-refractivity contribution in [1.82, 2.24) is 5.32 Å². The van der Waals surface area contributed by atoms with Crippen LogP contribution >= 0.6 is 15.9 Å². The molecule has 0 heterocycles. The molecule has 0 aromatic heterocycles. The van der Waals surface area contributed by atoms with Gasteiger partial charge in [0.15, 0.2) is 0 Å². The molecule has 0 spiro atoms. The van der Waals surface area contributed by atoms with Gasteiger partial charge in [-0.3, -0.25) is 4.79 Å². The van der Waals surface area contributed by atoms with E-state index < -0.39 is 5.97 Å². The van der Waals surface area contributed by atoms with E-state index in [4.69, 9.17) is 4.74 Å². The zero-order chi connectivity index (χ0) is 16.7. The maximum Gasteiger partial charge on any atom is 0.355 e. The van der Waals surface area contributed by atoms with Crippen molar-refractivity contribution in [3.63, 3.8) is 0 Å². The van der Waals surface area contributed by atoms with Crippen molar-refractivity contribution >= 4 is 33.9 Å². The van der Waals surface area contributed by atoms with E-state index in [0.29, 0.717) is 0 Å². The highest BCUT2D eigenvalue weighted by atomic mass is 79.9. The first kappa shape index (κ1) is 17.0. The predicted octanol–water partition coefficient (Wildman–Crippen LogP) is 3.67. The van der Waals surface area contributed by atoms with Gasteiger partial charge in [-0.25, -0.2) is 4.79 Å². The summed E-state index contributed by atoms with van der Waals surface area (Å²) in [5.41, 5.74) is 1.76. The van der Waals surface area contributed by atoms with Gasteiger partial charge in [0.2, 0.25) is 5.91 Å². The van der Waals surface area contributed by atoms with Crippen LogP contribution in [0.5, 0.6) is 0 Å². The molecule has 0 atom stereocenters. The Kier molecular flexibility index (Phi) is 6.11. The summed E-state index contributed by atoms with van der Waals surface area (Å²) in [6, 6.07) is 16.7.